The maximum atomic E-state index is 13.0. The van der Waals surface area contributed by atoms with E-state index in [0.29, 0.717) is 34.0 Å². The van der Waals surface area contributed by atoms with Gasteiger partial charge in [-0.2, -0.15) is 4.98 Å². The van der Waals surface area contributed by atoms with Crippen LogP contribution in [-0.4, -0.2) is 32.3 Å². The van der Waals surface area contributed by atoms with Crippen molar-refractivity contribution < 1.29 is 13.9 Å². The van der Waals surface area contributed by atoms with E-state index in [1.165, 1.54) is 11.8 Å². The molecule has 10 heteroatoms. The molecule has 0 saturated heterocycles. The number of aromatic nitrogens is 4. The zero-order valence-corrected chi connectivity index (χ0v) is 24.8. The molecule has 0 saturated carbocycles. The van der Waals surface area contributed by atoms with Crippen molar-refractivity contribution in [1.29, 1.82) is 0 Å². The number of carbonyl (C=O) groups excluding carboxylic acids is 1. The maximum absolute atomic E-state index is 13.0. The molecule has 5 aromatic rings. The highest BCUT2D eigenvalue weighted by molar-refractivity contribution is 9.10. The van der Waals surface area contributed by atoms with Crippen LogP contribution in [-0.2, 0) is 15.3 Å². The van der Waals surface area contributed by atoms with Crippen LogP contribution in [0.25, 0.3) is 22.8 Å². The lowest BCUT2D eigenvalue weighted by atomic mass is 9.96. The molecule has 0 fully saturated rings. The van der Waals surface area contributed by atoms with Gasteiger partial charge in [-0.25, -0.2) is 14.5 Å². The summed E-state index contributed by atoms with van der Waals surface area (Å²) in [7, 11) is 0. The Morgan fingerprint density at radius 3 is 2.54 bits per heavy atom. The van der Waals surface area contributed by atoms with Crippen LogP contribution in [0.15, 0.2) is 110 Å². The number of fused-ring (bicyclic) bond motifs is 1. The Kier molecular flexibility index (Phi) is 7.76. The first-order chi connectivity index (χ1) is 20.0. The van der Waals surface area contributed by atoms with Gasteiger partial charge in [-0.3, -0.25) is 0 Å². The van der Waals surface area contributed by atoms with Gasteiger partial charge in [0, 0.05) is 27.0 Å². The lowest BCUT2D eigenvalue weighted by Gasteiger charge is -2.28. The number of ether oxygens (including phenoxy) is 1. The molecular formula is C31H26BrN5O3S. The number of nitrogens with one attached hydrogen (secondary N) is 1. The van der Waals surface area contributed by atoms with Crippen molar-refractivity contribution in [3.05, 3.63) is 112 Å². The van der Waals surface area contributed by atoms with Crippen LogP contribution in [0.4, 0.5) is 5.95 Å². The van der Waals surface area contributed by atoms with Crippen molar-refractivity contribution in [1.82, 2.24) is 19.7 Å². The van der Waals surface area contributed by atoms with Gasteiger partial charge in [-0.15, -0.1) is 5.10 Å². The number of carbonyl (C=O) groups is 1. The first-order valence-electron chi connectivity index (χ1n) is 13.1. The lowest BCUT2D eigenvalue weighted by molar-refractivity contribution is -0.139. The molecule has 3 heterocycles. The summed E-state index contributed by atoms with van der Waals surface area (Å²) in [6.45, 7) is 3.95. The second kappa shape index (κ2) is 11.8. The average Bonchev–Trinajstić information content (AvgIpc) is 3.64. The van der Waals surface area contributed by atoms with Gasteiger partial charge < -0.3 is 14.5 Å². The number of hydrogen-bond donors (Lipinski definition) is 1. The molecule has 0 amide bonds. The number of allylic oxidation sites excluding steroid dienone is 1. The number of hydrogen-bond acceptors (Lipinski definition) is 8. The summed E-state index contributed by atoms with van der Waals surface area (Å²) in [6, 6.07) is 25.4. The lowest BCUT2D eigenvalue weighted by Crippen LogP contribution is -2.29. The Morgan fingerprint density at radius 2 is 1.80 bits per heavy atom. The highest BCUT2D eigenvalue weighted by atomic mass is 79.9. The SMILES string of the molecule is CCOC(=O)C1=C(C)Nc2nc(SCc3ccc(-c4ncc(-c5ccccc5)o4)cc3)nn2[C@@H]1c1ccc(Br)cc1. The Labute approximate surface area is 250 Å². The summed E-state index contributed by atoms with van der Waals surface area (Å²) >= 11 is 5.02. The third-order valence-electron chi connectivity index (χ3n) is 6.65. The zero-order chi connectivity index (χ0) is 28.3. The van der Waals surface area contributed by atoms with Crippen molar-refractivity contribution >= 4 is 39.6 Å². The Balaban J connectivity index is 1.20. The van der Waals surface area contributed by atoms with Crippen LogP contribution in [0.5, 0.6) is 0 Å². The molecule has 1 atom stereocenters. The second-order valence-electron chi connectivity index (χ2n) is 9.38. The topological polar surface area (TPSA) is 95.1 Å². The first kappa shape index (κ1) is 27.0. The molecule has 0 radical (unpaired) electrons. The summed E-state index contributed by atoms with van der Waals surface area (Å²) < 4.78 is 14.1. The molecule has 8 nitrogen and oxygen atoms in total. The van der Waals surface area contributed by atoms with Gasteiger partial charge >= 0.3 is 5.97 Å². The van der Waals surface area contributed by atoms with Crippen molar-refractivity contribution in [3.63, 3.8) is 0 Å². The van der Waals surface area contributed by atoms with Crippen molar-refractivity contribution in [2.45, 2.75) is 30.8 Å². The molecule has 0 bridgehead atoms. The summed E-state index contributed by atoms with van der Waals surface area (Å²) in [4.78, 5) is 22.2. The Morgan fingerprint density at radius 1 is 1.05 bits per heavy atom. The quantitative estimate of drug-likeness (QED) is 0.139. The van der Waals surface area contributed by atoms with E-state index >= 15 is 0 Å². The molecule has 206 valence electrons. The minimum absolute atomic E-state index is 0.289. The van der Waals surface area contributed by atoms with Gasteiger partial charge in [-0.05, 0) is 49.2 Å². The molecule has 1 N–H and O–H groups in total. The fourth-order valence-corrected chi connectivity index (χ4v) is 5.70. The van der Waals surface area contributed by atoms with E-state index in [2.05, 4.69) is 38.4 Å². The third-order valence-corrected chi connectivity index (χ3v) is 8.08. The molecule has 1 aliphatic heterocycles. The van der Waals surface area contributed by atoms with Crippen molar-refractivity contribution in [2.24, 2.45) is 0 Å². The fourth-order valence-electron chi connectivity index (χ4n) is 4.65. The third kappa shape index (κ3) is 5.71. The van der Waals surface area contributed by atoms with Crippen LogP contribution >= 0.6 is 27.7 Å². The van der Waals surface area contributed by atoms with E-state index in [-0.39, 0.29) is 12.6 Å². The number of esters is 1. The number of rotatable bonds is 8. The molecule has 0 aliphatic carbocycles. The van der Waals surface area contributed by atoms with Crippen molar-refractivity contribution in [3.8, 4) is 22.8 Å². The number of benzene rings is 3. The number of oxazole rings is 1. The van der Waals surface area contributed by atoms with Crippen LogP contribution in [0, 0.1) is 0 Å². The van der Waals surface area contributed by atoms with E-state index in [9.17, 15) is 4.79 Å². The molecule has 2 aromatic heterocycles. The highest BCUT2D eigenvalue weighted by Crippen LogP contribution is 2.37. The van der Waals surface area contributed by atoms with Gasteiger partial charge in [0.2, 0.25) is 17.0 Å². The molecule has 41 heavy (non-hydrogen) atoms. The van der Waals surface area contributed by atoms with E-state index in [0.717, 1.165) is 32.5 Å². The maximum Gasteiger partial charge on any atom is 0.338 e. The van der Waals surface area contributed by atoms with E-state index < -0.39 is 6.04 Å². The predicted octanol–water partition coefficient (Wildman–Crippen LogP) is 7.51. The minimum atomic E-state index is -0.457. The standard InChI is InChI=1S/C31H26BrN5O3S/c1-3-39-29(38)26-19(2)34-30-35-31(36-37(30)27(26)22-13-15-24(32)16-14-22)41-18-20-9-11-23(12-10-20)28-33-17-25(40-28)21-7-5-4-6-8-21/h4-17,27H,3,18H2,1-2H3,(H,34,35,36)/t27-/m1/s1. The summed E-state index contributed by atoms with van der Waals surface area (Å²) in [5, 5.41) is 8.65. The van der Waals surface area contributed by atoms with Crippen molar-refractivity contribution in [2.75, 3.05) is 11.9 Å². The van der Waals surface area contributed by atoms with Crippen LogP contribution in [0.2, 0.25) is 0 Å². The molecule has 1 aliphatic rings. The Hall–Kier alpha value is -4.15. The van der Waals surface area contributed by atoms with Crippen LogP contribution in [0.1, 0.15) is 31.0 Å². The van der Waals surface area contributed by atoms with Gasteiger partial charge in [-0.1, -0.05) is 82.3 Å². The summed E-state index contributed by atoms with van der Waals surface area (Å²) in [5.74, 6) is 2.20. The molecular weight excluding hydrogens is 602 g/mol. The first-order valence-corrected chi connectivity index (χ1v) is 14.9. The highest BCUT2D eigenvalue weighted by Gasteiger charge is 2.35. The second-order valence-corrected chi connectivity index (χ2v) is 11.2. The zero-order valence-electron chi connectivity index (χ0n) is 22.4. The van der Waals surface area contributed by atoms with Gasteiger partial charge in [0.25, 0.3) is 0 Å². The fraction of sp³-hybridized carbons (Fsp3) is 0.161. The number of nitrogens with zero attached hydrogens (tertiary/aromatic N) is 4. The van der Waals surface area contributed by atoms with Gasteiger partial charge in [0.1, 0.15) is 6.04 Å². The predicted molar refractivity (Wildman–Crippen MR) is 162 cm³/mol. The number of thioether (sulfide) groups is 1. The molecule has 6 rings (SSSR count). The van der Waals surface area contributed by atoms with E-state index in [1.54, 1.807) is 17.8 Å². The number of anilines is 1. The monoisotopic (exact) mass is 627 g/mol. The van der Waals surface area contributed by atoms with Crippen LogP contribution < -0.4 is 5.32 Å². The molecule has 0 unspecified atom stereocenters. The Bertz CT molecular complexity index is 1710. The van der Waals surface area contributed by atoms with E-state index in [4.69, 9.17) is 19.2 Å². The van der Waals surface area contributed by atoms with Crippen LogP contribution in [0.3, 0.4) is 0 Å². The largest absolute Gasteiger partial charge is 0.463 e. The smallest absolute Gasteiger partial charge is 0.338 e. The summed E-state index contributed by atoms with van der Waals surface area (Å²) in [5.41, 5.74) is 5.14. The summed E-state index contributed by atoms with van der Waals surface area (Å²) in [6.07, 6.45) is 1.75. The minimum Gasteiger partial charge on any atom is -0.463 e. The van der Waals surface area contributed by atoms with Gasteiger partial charge in [0.15, 0.2) is 5.76 Å². The number of halogens is 1. The average molecular weight is 629 g/mol. The van der Waals surface area contributed by atoms with Gasteiger partial charge in [0.05, 0.1) is 18.4 Å². The molecule has 0 spiro atoms. The normalized spacial score (nSPS) is 14.5. The van der Waals surface area contributed by atoms with E-state index in [1.807, 2.05) is 73.7 Å². The molecule has 3 aromatic carbocycles.